The maximum absolute atomic E-state index is 12.0. The van der Waals surface area contributed by atoms with E-state index in [1.807, 2.05) is 32.9 Å². The van der Waals surface area contributed by atoms with E-state index in [9.17, 15) is 9.90 Å². The number of aliphatic hydroxyl groups is 1. The molecule has 0 spiro atoms. The summed E-state index contributed by atoms with van der Waals surface area (Å²) in [6.07, 6.45) is -0.693. The summed E-state index contributed by atoms with van der Waals surface area (Å²) in [5.74, 6) is 0.222. The van der Waals surface area contributed by atoms with Gasteiger partial charge in [0.15, 0.2) is 0 Å². The van der Waals surface area contributed by atoms with E-state index in [0.717, 1.165) is 10.0 Å². The summed E-state index contributed by atoms with van der Waals surface area (Å²) in [4.78, 5) is 12.0. The molecule has 20 heavy (non-hydrogen) atoms. The minimum atomic E-state index is -0.693. The summed E-state index contributed by atoms with van der Waals surface area (Å²) in [7, 11) is 0. The zero-order chi connectivity index (χ0) is 15.1. The van der Waals surface area contributed by atoms with Crippen LogP contribution in [0.25, 0.3) is 0 Å². The highest BCUT2D eigenvalue weighted by Crippen LogP contribution is 2.18. The topological polar surface area (TPSA) is 58.6 Å². The molecule has 0 aliphatic heterocycles. The van der Waals surface area contributed by atoms with E-state index in [-0.39, 0.29) is 19.1 Å². The fourth-order valence-corrected chi connectivity index (χ4v) is 2.28. The number of benzene rings is 1. The molecule has 1 rings (SSSR count). The van der Waals surface area contributed by atoms with Crippen molar-refractivity contribution in [3.8, 4) is 0 Å². The minimum Gasteiger partial charge on any atom is -0.389 e. The summed E-state index contributed by atoms with van der Waals surface area (Å²) < 4.78 is 6.07. The van der Waals surface area contributed by atoms with Gasteiger partial charge in [0.1, 0.15) is 0 Å². The molecular formula is C15H22BrNO3. The standard InChI is InChI=1S/C15H22BrNO3/c1-10(2)8-20-9-12(18)7-17-15(19)13-5-4-11(3)6-14(13)16/h4-6,10,12,18H,7-9H2,1-3H3,(H,17,19). The maximum Gasteiger partial charge on any atom is 0.252 e. The van der Waals surface area contributed by atoms with Gasteiger partial charge in [0.25, 0.3) is 5.91 Å². The van der Waals surface area contributed by atoms with E-state index in [2.05, 4.69) is 21.2 Å². The number of carbonyl (C=O) groups excluding carboxylic acids is 1. The number of rotatable bonds is 7. The van der Waals surface area contributed by atoms with E-state index in [1.165, 1.54) is 0 Å². The van der Waals surface area contributed by atoms with Crippen LogP contribution in [0, 0.1) is 12.8 Å². The van der Waals surface area contributed by atoms with E-state index in [4.69, 9.17) is 4.74 Å². The lowest BCUT2D eigenvalue weighted by molar-refractivity contribution is 0.0259. The van der Waals surface area contributed by atoms with Gasteiger partial charge >= 0.3 is 0 Å². The first kappa shape index (κ1) is 17.1. The average Bonchev–Trinajstić information content (AvgIpc) is 2.35. The molecule has 1 amide bonds. The Labute approximate surface area is 128 Å². The Hall–Kier alpha value is -0.910. The van der Waals surface area contributed by atoms with Crippen molar-refractivity contribution in [3.05, 3.63) is 33.8 Å². The zero-order valence-corrected chi connectivity index (χ0v) is 13.7. The van der Waals surface area contributed by atoms with E-state index >= 15 is 0 Å². The summed E-state index contributed by atoms with van der Waals surface area (Å²) >= 11 is 3.36. The molecule has 0 aliphatic carbocycles. The van der Waals surface area contributed by atoms with Gasteiger partial charge in [-0.1, -0.05) is 19.9 Å². The van der Waals surface area contributed by atoms with Crippen LogP contribution in [0.2, 0.25) is 0 Å². The molecule has 0 bridgehead atoms. The molecule has 1 unspecified atom stereocenters. The summed E-state index contributed by atoms with van der Waals surface area (Å²) in [5.41, 5.74) is 1.64. The molecule has 1 aromatic rings. The third-order valence-electron chi connectivity index (χ3n) is 2.63. The fraction of sp³-hybridized carbons (Fsp3) is 0.533. The van der Waals surface area contributed by atoms with Gasteiger partial charge in [-0.15, -0.1) is 0 Å². The van der Waals surface area contributed by atoms with Gasteiger partial charge in [0.05, 0.1) is 18.3 Å². The number of nitrogens with one attached hydrogen (secondary N) is 1. The number of ether oxygens (including phenoxy) is 1. The first-order valence-electron chi connectivity index (χ1n) is 6.70. The van der Waals surface area contributed by atoms with E-state index < -0.39 is 6.10 Å². The summed E-state index contributed by atoms with van der Waals surface area (Å²) in [5, 5.41) is 12.4. The molecule has 5 heteroatoms. The highest BCUT2D eigenvalue weighted by atomic mass is 79.9. The fourth-order valence-electron chi connectivity index (χ4n) is 1.61. The zero-order valence-electron chi connectivity index (χ0n) is 12.1. The summed E-state index contributed by atoms with van der Waals surface area (Å²) in [6.45, 7) is 7.06. The lowest BCUT2D eigenvalue weighted by Crippen LogP contribution is -2.35. The van der Waals surface area contributed by atoms with Crippen LogP contribution >= 0.6 is 15.9 Å². The molecular weight excluding hydrogens is 322 g/mol. The molecule has 0 radical (unpaired) electrons. The van der Waals surface area contributed by atoms with Crippen molar-refractivity contribution in [3.63, 3.8) is 0 Å². The van der Waals surface area contributed by atoms with Crippen molar-refractivity contribution < 1.29 is 14.6 Å². The monoisotopic (exact) mass is 343 g/mol. The molecule has 0 saturated carbocycles. The van der Waals surface area contributed by atoms with Crippen molar-refractivity contribution in [1.29, 1.82) is 0 Å². The van der Waals surface area contributed by atoms with Gasteiger partial charge in [-0.2, -0.15) is 0 Å². The Morgan fingerprint density at radius 3 is 2.70 bits per heavy atom. The Morgan fingerprint density at radius 1 is 1.40 bits per heavy atom. The van der Waals surface area contributed by atoms with Crippen molar-refractivity contribution in [2.75, 3.05) is 19.8 Å². The molecule has 0 fully saturated rings. The van der Waals surface area contributed by atoms with Crippen LogP contribution in [-0.4, -0.2) is 36.9 Å². The minimum absolute atomic E-state index is 0.178. The first-order chi connectivity index (χ1) is 9.40. The molecule has 112 valence electrons. The molecule has 0 heterocycles. The number of amides is 1. The van der Waals surface area contributed by atoms with Crippen LogP contribution in [0.15, 0.2) is 22.7 Å². The third-order valence-corrected chi connectivity index (χ3v) is 3.28. The molecule has 1 aromatic carbocycles. The molecule has 0 aliphatic rings. The number of aliphatic hydroxyl groups excluding tert-OH is 1. The van der Waals surface area contributed by atoms with Gasteiger partial charge in [0, 0.05) is 17.6 Å². The van der Waals surface area contributed by atoms with E-state index in [1.54, 1.807) is 6.07 Å². The van der Waals surface area contributed by atoms with Crippen molar-refractivity contribution in [2.45, 2.75) is 26.9 Å². The Morgan fingerprint density at radius 2 is 2.10 bits per heavy atom. The first-order valence-corrected chi connectivity index (χ1v) is 7.49. The van der Waals surface area contributed by atoms with Crippen molar-refractivity contribution >= 4 is 21.8 Å². The normalized spacial score (nSPS) is 12.5. The number of carbonyl (C=O) groups is 1. The molecule has 0 saturated heterocycles. The largest absolute Gasteiger partial charge is 0.389 e. The van der Waals surface area contributed by atoms with Crippen LogP contribution in [0.5, 0.6) is 0 Å². The average molecular weight is 344 g/mol. The molecule has 4 nitrogen and oxygen atoms in total. The molecule has 0 aromatic heterocycles. The number of hydrogen-bond acceptors (Lipinski definition) is 3. The number of halogens is 1. The van der Waals surface area contributed by atoms with Gasteiger partial charge < -0.3 is 15.2 Å². The second-order valence-electron chi connectivity index (χ2n) is 5.28. The SMILES string of the molecule is Cc1ccc(C(=O)NCC(O)COCC(C)C)c(Br)c1. The number of hydrogen-bond donors (Lipinski definition) is 2. The van der Waals surface area contributed by atoms with Crippen LogP contribution < -0.4 is 5.32 Å². The Bertz CT molecular complexity index is 449. The Balaban J connectivity index is 2.39. The lowest BCUT2D eigenvalue weighted by atomic mass is 10.1. The maximum atomic E-state index is 12.0. The van der Waals surface area contributed by atoms with Crippen LogP contribution in [-0.2, 0) is 4.74 Å². The predicted octanol–water partition coefficient (Wildman–Crippen LogP) is 2.52. The van der Waals surface area contributed by atoms with Crippen LogP contribution in [0.4, 0.5) is 0 Å². The highest BCUT2D eigenvalue weighted by Gasteiger charge is 2.12. The summed E-state index contributed by atoms with van der Waals surface area (Å²) in [6, 6.07) is 5.52. The van der Waals surface area contributed by atoms with Crippen molar-refractivity contribution in [2.24, 2.45) is 5.92 Å². The van der Waals surface area contributed by atoms with Crippen LogP contribution in [0.1, 0.15) is 29.8 Å². The van der Waals surface area contributed by atoms with E-state index in [0.29, 0.717) is 18.1 Å². The van der Waals surface area contributed by atoms with Gasteiger partial charge in [-0.25, -0.2) is 0 Å². The highest BCUT2D eigenvalue weighted by molar-refractivity contribution is 9.10. The Kier molecular flexibility index (Phi) is 7.19. The third kappa shape index (κ3) is 6.03. The number of aryl methyl sites for hydroxylation is 1. The van der Waals surface area contributed by atoms with Gasteiger partial charge in [-0.05, 0) is 46.5 Å². The van der Waals surface area contributed by atoms with Crippen molar-refractivity contribution in [1.82, 2.24) is 5.32 Å². The van der Waals surface area contributed by atoms with Gasteiger partial charge in [0.2, 0.25) is 0 Å². The van der Waals surface area contributed by atoms with Gasteiger partial charge in [-0.3, -0.25) is 4.79 Å². The molecule has 2 N–H and O–H groups in total. The predicted molar refractivity (Wildman–Crippen MR) is 82.9 cm³/mol. The van der Waals surface area contributed by atoms with Crippen LogP contribution in [0.3, 0.4) is 0 Å². The lowest BCUT2D eigenvalue weighted by Gasteiger charge is -2.14. The quantitative estimate of drug-likeness (QED) is 0.799. The second kappa shape index (κ2) is 8.39. The second-order valence-corrected chi connectivity index (χ2v) is 6.13. The molecule has 1 atom stereocenters. The smallest absolute Gasteiger partial charge is 0.252 e.